The summed E-state index contributed by atoms with van der Waals surface area (Å²) in [6.45, 7) is 2.33. The molecule has 2 aromatic rings. The highest BCUT2D eigenvalue weighted by Crippen LogP contribution is 2.12. The molecule has 2 aromatic heterocycles. The number of nitrogens with one attached hydrogen (secondary N) is 1. The van der Waals surface area contributed by atoms with E-state index in [2.05, 4.69) is 15.0 Å². The van der Waals surface area contributed by atoms with Gasteiger partial charge in [0.05, 0.1) is 0 Å². The Labute approximate surface area is 132 Å². The molecule has 23 heavy (non-hydrogen) atoms. The van der Waals surface area contributed by atoms with Crippen LogP contribution < -0.4 is 16.0 Å². The maximum atomic E-state index is 12.3. The maximum absolute atomic E-state index is 12.3. The lowest BCUT2D eigenvalue weighted by atomic mass is 10.3. The van der Waals surface area contributed by atoms with Crippen molar-refractivity contribution in [3.63, 3.8) is 0 Å². The molecule has 3 heterocycles. The highest BCUT2D eigenvalue weighted by Gasteiger charge is 2.22. The Balaban J connectivity index is 1.61. The van der Waals surface area contributed by atoms with Gasteiger partial charge in [-0.25, -0.2) is 9.67 Å². The molecule has 1 fully saturated rings. The molecule has 0 bridgehead atoms. The van der Waals surface area contributed by atoms with E-state index in [9.17, 15) is 14.4 Å². The lowest BCUT2D eigenvalue weighted by Gasteiger charge is -2.35. The van der Waals surface area contributed by atoms with Gasteiger partial charge in [0.25, 0.3) is 11.1 Å². The predicted octanol–water partition coefficient (Wildman–Crippen LogP) is -0.720. The highest BCUT2D eigenvalue weighted by molar-refractivity contribution is 5.76. The fourth-order valence-electron chi connectivity index (χ4n) is 2.54. The van der Waals surface area contributed by atoms with Crippen molar-refractivity contribution < 1.29 is 4.79 Å². The van der Waals surface area contributed by atoms with Gasteiger partial charge in [0, 0.05) is 44.5 Å². The van der Waals surface area contributed by atoms with Gasteiger partial charge in [-0.2, -0.15) is 0 Å². The number of H-pyrrole nitrogens is 1. The summed E-state index contributed by atoms with van der Waals surface area (Å²) in [6, 6.07) is 8.03. The minimum Gasteiger partial charge on any atom is -0.353 e. The van der Waals surface area contributed by atoms with E-state index >= 15 is 0 Å². The Kier molecular flexibility index (Phi) is 4.22. The Morgan fingerprint density at radius 3 is 2.57 bits per heavy atom. The van der Waals surface area contributed by atoms with Gasteiger partial charge in [0.15, 0.2) is 0 Å². The summed E-state index contributed by atoms with van der Waals surface area (Å²) in [5, 5.41) is 2.36. The lowest BCUT2D eigenvalue weighted by Crippen LogP contribution is -2.50. The zero-order chi connectivity index (χ0) is 16.2. The zero-order valence-corrected chi connectivity index (χ0v) is 12.5. The number of hydrogen-bond acceptors (Lipinski definition) is 5. The van der Waals surface area contributed by atoms with Crippen molar-refractivity contribution in [2.45, 2.75) is 6.54 Å². The van der Waals surface area contributed by atoms with E-state index in [4.69, 9.17) is 0 Å². The van der Waals surface area contributed by atoms with Crippen LogP contribution in [0.3, 0.4) is 0 Å². The molecule has 1 amide bonds. The average molecular weight is 315 g/mol. The normalized spacial score (nSPS) is 14.8. The first-order valence-corrected chi connectivity index (χ1v) is 7.37. The molecule has 8 nitrogen and oxygen atoms in total. The standard InChI is InChI=1S/C15H17N5O3/c21-13-4-5-14(22)20(17-13)11-15(23)19-9-7-18(8-10-19)12-3-1-2-6-16-12/h1-6H,7-11H2,(H,17,21). The number of anilines is 1. The van der Waals surface area contributed by atoms with E-state index < -0.39 is 11.1 Å². The van der Waals surface area contributed by atoms with Gasteiger partial charge >= 0.3 is 0 Å². The number of nitrogens with zero attached hydrogens (tertiary/aromatic N) is 4. The average Bonchev–Trinajstić information content (AvgIpc) is 2.59. The Hall–Kier alpha value is -2.90. The van der Waals surface area contributed by atoms with E-state index in [1.165, 1.54) is 0 Å². The minimum absolute atomic E-state index is 0.154. The van der Waals surface area contributed by atoms with Crippen LogP contribution in [0.2, 0.25) is 0 Å². The summed E-state index contributed by atoms with van der Waals surface area (Å²) in [7, 11) is 0. The van der Waals surface area contributed by atoms with Crippen molar-refractivity contribution >= 4 is 11.7 Å². The molecule has 0 aromatic carbocycles. The third kappa shape index (κ3) is 3.47. The summed E-state index contributed by atoms with van der Waals surface area (Å²) in [6.07, 6.45) is 1.74. The van der Waals surface area contributed by atoms with E-state index in [1.54, 1.807) is 11.1 Å². The predicted molar refractivity (Wildman–Crippen MR) is 84.4 cm³/mol. The van der Waals surface area contributed by atoms with Gasteiger partial charge < -0.3 is 9.80 Å². The van der Waals surface area contributed by atoms with Gasteiger partial charge in [0.1, 0.15) is 12.4 Å². The Morgan fingerprint density at radius 2 is 1.87 bits per heavy atom. The van der Waals surface area contributed by atoms with Crippen molar-refractivity contribution in [3.8, 4) is 0 Å². The van der Waals surface area contributed by atoms with E-state index in [1.807, 2.05) is 18.2 Å². The summed E-state index contributed by atoms with van der Waals surface area (Å²) < 4.78 is 1.04. The maximum Gasteiger partial charge on any atom is 0.265 e. The minimum atomic E-state index is -0.405. The van der Waals surface area contributed by atoms with Crippen molar-refractivity contribution in [3.05, 3.63) is 57.2 Å². The van der Waals surface area contributed by atoms with Gasteiger partial charge in [-0.1, -0.05) is 6.07 Å². The van der Waals surface area contributed by atoms with E-state index in [0.29, 0.717) is 26.2 Å². The van der Waals surface area contributed by atoms with E-state index in [-0.39, 0.29) is 12.5 Å². The first kappa shape index (κ1) is 15.0. The zero-order valence-electron chi connectivity index (χ0n) is 12.5. The summed E-state index contributed by atoms with van der Waals surface area (Å²) in [4.78, 5) is 43.3. The molecule has 0 aliphatic carbocycles. The number of aromatic amines is 1. The number of hydrogen-bond donors (Lipinski definition) is 1. The SMILES string of the molecule is O=C(Cn1[nH]c(=O)ccc1=O)N1CCN(c2ccccn2)CC1. The van der Waals surface area contributed by atoms with Gasteiger partial charge in [-0.05, 0) is 12.1 Å². The number of aromatic nitrogens is 3. The van der Waals surface area contributed by atoms with Crippen molar-refractivity contribution in [2.75, 3.05) is 31.1 Å². The van der Waals surface area contributed by atoms with Crippen LogP contribution in [0.5, 0.6) is 0 Å². The van der Waals surface area contributed by atoms with Crippen LogP contribution in [0, 0.1) is 0 Å². The molecule has 0 radical (unpaired) electrons. The molecule has 0 unspecified atom stereocenters. The highest BCUT2D eigenvalue weighted by atomic mass is 16.2. The monoisotopic (exact) mass is 315 g/mol. The first-order chi connectivity index (χ1) is 11.1. The second-order valence-corrected chi connectivity index (χ2v) is 5.29. The van der Waals surface area contributed by atoms with Crippen molar-refractivity contribution in [1.29, 1.82) is 0 Å². The van der Waals surface area contributed by atoms with Gasteiger partial charge in [0.2, 0.25) is 5.91 Å². The number of carbonyl (C=O) groups excluding carboxylic acids is 1. The molecular weight excluding hydrogens is 298 g/mol. The van der Waals surface area contributed by atoms with Gasteiger partial charge in [-0.3, -0.25) is 19.5 Å². The van der Waals surface area contributed by atoms with Crippen molar-refractivity contribution in [1.82, 2.24) is 19.7 Å². The fourth-order valence-corrected chi connectivity index (χ4v) is 2.54. The number of piperazine rings is 1. The van der Waals surface area contributed by atoms with E-state index in [0.717, 1.165) is 22.6 Å². The van der Waals surface area contributed by atoms with Crippen LogP contribution in [0.15, 0.2) is 46.1 Å². The largest absolute Gasteiger partial charge is 0.353 e. The second kappa shape index (κ2) is 6.47. The Bertz CT molecular complexity index is 791. The first-order valence-electron chi connectivity index (χ1n) is 7.37. The van der Waals surface area contributed by atoms with Gasteiger partial charge in [-0.15, -0.1) is 0 Å². The molecule has 3 rings (SSSR count). The quantitative estimate of drug-likeness (QED) is 0.807. The van der Waals surface area contributed by atoms with Crippen LogP contribution in [0.1, 0.15) is 0 Å². The van der Waals surface area contributed by atoms with Crippen LogP contribution in [0.25, 0.3) is 0 Å². The molecule has 8 heteroatoms. The molecule has 1 N–H and O–H groups in total. The fraction of sp³-hybridized carbons (Fsp3) is 0.333. The topological polar surface area (TPSA) is 91.3 Å². The summed E-state index contributed by atoms with van der Waals surface area (Å²) in [5.41, 5.74) is -0.803. The smallest absolute Gasteiger partial charge is 0.265 e. The van der Waals surface area contributed by atoms with Crippen LogP contribution in [-0.4, -0.2) is 51.8 Å². The molecule has 1 saturated heterocycles. The molecule has 0 spiro atoms. The third-order valence-corrected chi connectivity index (χ3v) is 3.79. The molecule has 1 aliphatic rings. The molecule has 1 aliphatic heterocycles. The van der Waals surface area contributed by atoms with Crippen LogP contribution in [-0.2, 0) is 11.3 Å². The summed E-state index contributed by atoms with van der Waals surface area (Å²) >= 11 is 0. The summed E-state index contributed by atoms with van der Waals surface area (Å²) in [5.74, 6) is 0.706. The molecular formula is C15H17N5O3. The van der Waals surface area contributed by atoms with Crippen molar-refractivity contribution in [2.24, 2.45) is 0 Å². The van der Waals surface area contributed by atoms with Crippen LogP contribution >= 0.6 is 0 Å². The second-order valence-electron chi connectivity index (χ2n) is 5.29. The number of pyridine rings is 1. The molecule has 120 valence electrons. The molecule has 0 atom stereocenters. The number of amides is 1. The number of carbonyl (C=O) groups is 1. The number of rotatable bonds is 3. The Morgan fingerprint density at radius 1 is 1.09 bits per heavy atom. The van der Waals surface area contributed by atoms with Crippen LogP contribution in [0.4, 0.5) is 5.82 Å². The molecule has 0 saturated carbocycles. The third-order valence-electron chi connectivity index (χ3n) is 3.79. The lowest BCUT2D eigenvalue weighted by molar-refractivity contribution is -0.132.